The third kappa shape index (κ3) is 4.40. The minimum atomic E-state index is 0.377. The number of anilines is 2. The van der Waals surface area contributed by atoms with Crippen molar-refractivity contribution in [2.75, 3.05) is 29.9 Å². The lowest BCUT2D eigenvalue weighted by molar-refractivity contribution is 0.0155. The molecule has 2 saturated carbocycles. The molecule has 1 aromatic heterocycles. The quantitative estimate of drug-likeness (QED) is 0.760. The predicted octanol–water partition coefficient (Wildman–Crippen LogP) is 4.55. The number of rotatable bonds is 5. The summed E-state index contributed by atoms with van der Waals surface area (Å²) >= 11 is 0. The summed E-state index contributed by atoms with van der Waals surface area (Å²) in [4.78, 5) is 11.8. The number of aromatic nitrogens is 2. The van der Waals surface area contributed by atoms with Crippen LogP contribution in [0, 0.1) is 35.0 Å². The molecule has 2 aliphatic carbocycles. The number of fused-ring (bicyclic) bond motifs is 2. The first-order valence-corrected chi connectivity index (χ1v) is 11.9. The first kappa shape index (κ1) is 20.9. The molecule has 3 N–H and O–H groups in total. The van der Waals surface area contributed by atoms with E-state index < -0.39 is 0 Å². The van der Waals surface area contributed by atoms with E-state index in [1.807, 2.05) is 12.4 Å². The van der Waals surface area contributed by atoms with Gasteiger partial charge in [-0.1, -0.05) is 27.7 Å². The molecule has 1 saturated heterocycles. The van der Waals surface area contributed by atoms with Gasteiger partial charge in [0.1, 0.15) is 0 Å². The zero-order chi connectivity index (χ0) is 20.6. The molecule has 2 heterocycles. The Hall–Kier alpha value is -1.36. The Bertz CT molecular complexity index is 662. The van der Waals surface area contributed by atoms with Crippen molar-refractivity contribution in [2.24, 2.45) is 40.7 Å². The number of nitrogens with two attached hydrogens (primary N) is 1. The monoisotopic (exact) mass is 399 g/mol. The van der Waals surface area contributed by atoms with Crippen molar-refractivity contribution in [2.45, 2.75) is 72.3 Å². The fourth-order valence-electron chi connectivity index (χ4n) is 6.80. The summed E-state index contributed by atoms with van der Waals surface area (Å²) < 4.78 is 0. The number of nitrogens with zero attached hydrogens (tertiary/aromatic N) is 3. The third-order valence-electron chi connectivity index (χ3n) is 8.23. The Morgan fingerprint density at radius 2 is 1.83 bits per heavy atom. The van der Waals surface area contributed by atoms with Gasteiger partial charge in [0.2, 0.25) is 5.95 Å². The molecule has 0 spiro atoms. The van der Waals surface area contributed by atoms with Crippen LogP contribution in [0.2, 0.25) is 0 Å². The molecular formula is C24H41N5. The third-order valence-corrected chi connectivity index (χ3v) is 8.23. The molecule has 5 unspecified atom stereocenters. The Kier molecular flexibility index (Phi) is 6.06. The number of hydrogen-bond donors (Lipinski definition) is 2. The normalized spacial score (nSPS) is 35.7. The van der Waals surface area contributed by atoms with Crippen molar-refractivity contribution in [3.8, 4) is 0 Å². The van der Waals surface area contributed by atoms with E-state index in [9.17, 15) is 0 Å². The van der Waals surface area contributed by atoms with Gasteiger partial charge in [-0.3, -0.25) is 0 Å². The molecule has 5 atom stereocenters. The van der Waals surface area contributed by atoms with E-state index in [0.717, 1.165) is 49.0 Å². The highest BCUT2D eigenvalue weighted by molar-refractivity contribution is 5.44. The van der Waals surface area contributed by atoms with Crippen LogP contribution in [-0.4, -0.2) is 35.6 Å². The fraction of sp³-hybridized carbons (Fsp3) is 0.833. The van der Waals surface area contributed by atoms with Gasteiger partial charge >= 0.3 is 0 Å². The SMILES string of the molecule is CC1CC2CC(CN)(C1)CC(C)C2Nc1cnc(N2CCC(C(C)C)CC2)nc1. The molecular weight excluding hydrogens is 358 g/mol. The number of nitrogens with one attached hydrogen (secondary N) is 1. The zero-order valence-electron chi connectivity index (χ0n) is 18.9. The maximum atomic E-state index is 6.23. The second kappa shape index (κ2) is 8.41. The maximum absolute atomic E-state index is 6.23. The van der Waals surface area contributed by atoms with Gasteiger partial charge in [-0.05, 0) is 80.1 Å². The number of piperidine rings is 1. The predicted molar refractivity (Wildman–Crippen MR) is 121 cm³/mol. The molecule has 162 valence electrons. The molecule has 1 aliphatic heterocycles. The van der Waals surface area contributed by atoms with E-state index in [0.29, 0.717) is 23.3 Å². The van der Waals surface area contributed by atoms with Crippen molar-refractivity contribution in [1.29, 1.82) is 0 Å². The van der Waals surface area contributed by atoms with Gasteiger partial charge in [0.25, 0.3) is 0 Å². The second-order valence-corrected chi connectivity index (χ2v) is 10.9. The van der Waals surface area contributed by atoms with Gasteiger partial charge in [-0.15, -0.1) is 0 Å². The van der Waals surface area contributed by atoms with Crippen LogP contribution in [0.5, 0.6) is 0 Å². The molecule has 5 heteroatoms. The van der Waals surface area contributed by atoms with Crippen LogP contribution < -0.4 is 16.0 Å². The van der Waals surface area contributed by atoms with Crippen molar-refractivity contribution >= 4 is 11.6 Å². The molecule has 3 aliphatic rings. The Balaban J connectivity index is 1.39. The smallest absolute Gasteiger partial charge is 0.225 e. The van der Waals surface area contributed by atoms with E-state index in [4.69, 9.17) is 15.7 Å². The van der Waals surface area contributed by atoms with Crippen molar-refractivity contribution in [1.82, 2.24) is 9.97 Å². The summed E-state index contributed by atoms with van der Waals surface area (Å²) in [5.41, 5.74) is 7.68. The lowest BCUT2D eigenvalue weighted by atomic mass is 9.55. The minimum absolute atomic E-state index is 0.377. The average molecular weight is 400 g/mol. The van der Waals surface area contributed by atoms with E-state index in [-0.39, 0.29) is 0 Å². The van der Waals surface area contributed by atoms with Crippen LogP contribution in [0.15, 0.2) is 12.4 Å². The van der Waals surface area contributed by atoms with Gasteiger partial charge < -0.3 is 16.0 Å². The number of hydrogen-bond acceptors (Lipinski definition) is 5. The highest BCUT2D eigenvalue weighted by Crippen LogP contribution is 2.52. The summed E-state index contributed by atoms with van der Waals surface area (Å²) in [6.07, 6.45) is 11.6. The van der Waals surface area contributed by atoms with Crippen LogP contribution in [-0.2, 0) is 0 Å². The van der Waals surface area contributed by atoms with E-state index in [1.54, 1.807) is 0 Å². The zero-order valence-corrected chi connectivity index (χ0v) is 18.9. The summed E-state index contributed by atoms with van der Waals surface area (Å²) in [5, 5.41) is 3.82. The van der Waals surface area contributed by atoms with Gasteiger partial charge in [0, 0.05) is 19.1 Å². The van der Waals surface area contributed by atoms with Gasteiger partial charge in [-0.2, -0.15) is 0 Å². The van der Waals surface area contributed by atoms with Crippen LogP contribution >= 0.6 is 0 Å². The van der Waals surface area contributed by atoms with Crippen molar-refractivity contribution < 1.29 is 0 Å². The summed E-state index contributed by atoms with van der Waals surface area (Å²) in [6, 6.07) is 0.508. The second-order valence-electron chi connectivity index (χ2n) is 10.9. The molecule has 4 rings (SSSR count). The molecule has 1 aromatic rings. The molecule has 3 fully saturated rings. The first-order valence-electron chi connectivity index (χ1n) is 11.9. The van der Waals surface area contributed by atoms with Gasteiger partial charge in [-0.25, -0.2) is 9.97 Å². The van der Waals surface area contributed by atoms with Crippen LogP contribution in [0.3, 0.4) is 0 Å². The van der Waals surface area contributed by atoms with Gasteiger partial charge in [0.05, 0.1) is 18.1 Å². The van der Waals surface area contributed by atoms with Crippen molar-refractivity contribution in [3.63, 3.8) is 0 Å². The largest absolute Gasteiger partial charge is 0.379 e. The van der Waals surface area contributed by atoms with Gasteiger partial charge in [0.15, 0.2) is 0 Å². The van der Waals surface area contributed by atoms with Crippen molar-refractivity contribution in [3.05, 3.63) is 12.4 Å². The minimum Gasteiger partial charge on any atom is -0.379 e. The Morgan fingerprint density at radius 3 is 2.45 bits per heavy atom. The maximum Gasteiger partial charge on any atom is 0.225 e. The Morgan fingerprint density at radius 1 is 1.14 bits per heavy atom. The van der Waals surface area contributed by atoms with Crippen LogP contribution in [0.25, 0.3) is 0 Å². The fourth-order valence-corrected chi connectivity index (χ4v) is 6.80. The van der Waals surface area contributed by atoms with E-state index in [2.05, 4.69) is 37.9 Å². The lowest BCUT2D eigenvalue weighted by Crippen LogP contribution is -2.52. The van der Waals surface area contributed by atoms with Crippen LogP contribution in [0.1, 0.15) is 66.2 Å². The highest BCUT2D eigenvalue weighted by Gasteiger charge is 2.47. The first-order chi connectivity index (χ1) is 13.9. The summed E-state index contributed by atoms with van der Waals surface area (Å²) in [6.45, 7) is 12.5. The Labute approximate surface area is 177 Å². The average Bonchev–Trinajstić information content (AvgIpc) is 2.71. The highest BCUT2D eigenvalue weighted by atomic mass is 15.3. The van der Waals surface area contributed by atoms with E-state index in [1.165, 1.54) is 38.5 Å². The standard InChI is InChI=1S/C24H41N5/c1-16(2)19-5-7-29(8-6-19)23-26-13-21(14-27-23)28-22-18(4)11-24(15-25)10-17(3)9-20(22)12-24/h13-14,16-20,22,28H,5-12,15,25H2,1-4H3. The summed E-state index contributed by atoms with van der Waals surface area (Å²) in [5.74, 6) is 4.64. The molecule has 29 heavy (non-hydrogen) atoms. The molecule has 2 bridgehead atoms. The molecule has 0 radical (unpaired) electrons. The van der Waals surface area contributed by atoms with E-state index >= 15 is 0 Å². The molecule has 5 nitrogen and oxygen atoms in total. The molecule has 0 amide bonds. The molecule has 0 aromatic carbocycles. The topological polar surface area (TPSA) is 67.1 Å². The lowest BCUT2D eigenvalue weighted by Gasteiger charge is -2.53. The summed E-state index contributed by atoms with van der Waals surface area (Å²) in [7, 11) is 0. The van der Waals surface area contributed by atoms with Crippen LogP contribution in [0.4, 0.5) is 11.6 Å².